The molecule has 0 spiro atoms. The molecule has 0 aliphatic rings. The first-order valence-electron chi connectivity index (χ1n) is 4.02. The molecule has 0 aliphatic heterocycles. The molecule has 0 fully saturated rings. The van der Waals surface area contributed by atoms with Gasteiger partial charge in [-0.25, -0.2) is 14.2 Å². The second kappa shape index (κ2) is 4.94. The van der Waals surface area contributed by atoms with E-state index < -0.39 is 19.5 Å². The monoisotopic (exact) mass is 232 g/mol. The Morgan fingerprint density at radius 2 is 1.27 bits per heavy atom. The number of carbonyl (C=O) groups excluding carboxylic acids is 2. The molecular formula is C9H13O5P. The van der Waals surface area contributed by atoms with Crippen molar-refractivity contribution >= 4 is 19.5 Å². The Labute approximate surface area is 88.3 Å². The molecule has 6 heteroatoms. The van der Waals surface area contributed by atoms with Crippen molar-refractivity contribution in [3.8, 4) is 0 Å². The van der Waals surface area contributed by atoms with Gasteiger partial charge < -0.3 is 9.05 Å². The van der Waals surface area contributed by atoms with Crippen LogP contribution in [0.3, 0.4) is 0 Å². The van der Waals surface area contributed by atoms with Crippen LogP contribution in [0.5, 0.6) is 0 Å². The fourth-order valence-corrected chi connectivity index (χ4v) is 1.43. The van der Waals surface area contributed by atoms with E-state index in [-0.39, 0.29) is 11.1 Å². The average molecular weight is 232 g/mol. The summed E-state index contributed by atoms with van der Waals surface area (Å²) in [5.74, 6) is -1.73. The van der Waals surface area contributed by atoms with Gasteiger partial charge in [0.2, 0.25) is 0 Å². The van der Waals surface area contributed by atoms with E-state index >= 15 is 0 Å². The maximum absolute atomic E-state index is 11.5. The summed E-state index contributed by atoms with van der Waals surface area (Å²) in [5, 5.41) is 0. The van der Waals surface area contributed by atoms with Gasteiger partial charge in [-0.05, 0) is 13.8 Å². The van der Waals surface area contributed by atoms with Crippen LogP contribution in [0.4, 0.5) is 0 Å². The van der Waals surface area contributed by atoms with Gasteiger partial charge >= 0.3 is 19.5 Å². The highest BCUT2D eigenvalue weighted by atomic mass is 31.2. The van der Waals surface area contributed by atoms with Crippen molar-refractivity contribution in [1.82, 2.24) is 0 Å². The smallest absolute Gasteiger partial charge is 0.380 e. The molecule has 5 nitrogen and oxygen atoms in total. The van der Waals surface area contributed by atoms with Gasteiger partial charge in [0.15, 0.2) is 0 Å². The van der Waals surface area contributed by atoms with Gasteiger partial charge in [-0.1, -0.05) is 13.2 Å². The van der Waals surface area contributed by atoms with Crippen molar-refractivity contribution < 1.29 is 23.2 Å². The lowest BCUT2D eigenvalue weighted by atomic mass is 10.4. The van der Waals surface area contributed by atoms with Crippen LogP contribution in [0, 0.1) is 0 Å². The van der Waals surface area contributed by atoms with Crippen LogP contribution < -0.4 is 0 Å². The molecule has 0 rings (SSSR count). The van der Waals surface area contributed by atoms with Gasteiger partial charge in [0.05, 0.1) is 6.66 Å². The molecule has 0 aromatic heterocycles. The van der Waals surface area contributed by atoms with Gasteiger partial charge in [-0.2, -0.15) is 0 Å². The van der Waals surface area contributed by atoms with E-state index in [0.717, 1.165) is 6.66 Å². The molecule has 0 atom stereocenters. The number of rotatable bonds is 4. The highest BCUT2D eigenvalue weighted by Crippen LogP contribution is 2.45. The topological polar surface area (TPSA) is 69.7 Å². The zero-order valence-electron chi connectivity index (χ0n) is 8.90. The maximum Gasteiger partial charge on any atom is 0.432 e. The van der Waals surface area contributed by atoms with Gasteiger partial charge in [0, 0.05) is 11.1 Å². The minimum Gasteiger partial charge on any atom is -0.380 e. The Balaban J connectivity index is 4.51. The summed E-state index contributed by atoms with van der Waals surface area (Å²) in [7, 11) is -3.73. The number of carbonyl (C=O) groups is 2. The van der Waals surface area contributed by atoms with Crippen LogP contribution in [0.1, 0.15) is 13.8 Å². The van der Waals surface area contributed by atoms with Crippen molar-refractivity contribution in [2.75, 3.05) is 6.66 Å². The first-order chi connectivity index (χ1) is 6.65. The normalized spacial score (nSPS) is 10.3. The molecule has 0 N–H and O–H groups in total. The van der Waals surface area contributed by atoms with Gasteiger partial charge in [0.1, 0.15) is 0 Å². The van der Waals surface area contributed by atoms with Crippen LogP contribution in [0.2, 0.25) is 0 Å². The Hall–Kier alpha value is -1.35. The molecule has 0 unspecified atom stereocenters. The van der Waals surface area contributed by atoms with Crippen molar-refractivity contribution in [3.63, 3.8) is 0 Å². The third kappa shape index (κ3) is 5.18. The predicted octanol–water partition coefficient (Wildman–Crippen LogP) is 2.05. The zero-order valence-corrected chi connectivity index (χ0v) is 9.80. The van der Waals surface area contributed by atoms with Crippen LogP contribution >= 0.6 is 7.60 Å². The molecule has 0 saturated heterocycles. The van der Waals surface area contributed by atoms with Gasteiger partial charge in [-0.3, -0.25) is 0 Å². The van der Waals surface area contributed by atoms with E-state index in [9.17, 15) is 14.2 Å². The van der Waals surface area contributed by atoms with E-state index in [0.29, 0.717) is 0 Å². The lowest BCUT2D eigenvalue weighted by molar-refractivity contribution is -0.134. The molecule has 15 heavy (non-hydrogen) atoms. The maximum atomic E-state index is 11.5. The predicted molar refractivity (Wildman–Crippen MR) is 55.3 cm³/mol. The lowest BCUT2D eigenvalue weighted by Crippen LogP contribution is -2.09. The van der Waals surface area contributed by atoms with E-state index in [1.54, 1.807) is 0 Å². The Morgan fingerprint density at radius 1 is 1.00 bits per heavy atom. The first-order valence-corrected chi connectivity index (χ1v) is 6.01. The second-order valence-electron chi connectivity index (χ2n) is 3.09. The lowest BCUT2D eigenvalue weighted by Gasteiger charge is -2.13. The summed E-state index contributed by atoms with van der Waals surface area (Å²) >= 11 is 0. The third-order valence-electron chi connectivity index (χ3n) is 1.19. The van der Waals surface area contributed by atoms with Crippen molar-refractivity contribution in [2.45, 2.75) is 13.8 Å². The highest BCUT2D eigenvalue weighted by Gasteiger charge is 2.26. The van der Waals surface area contributed by atoms with Crippen molar-refractivity contribution in [1.29, 1.82) is 0 Å². The molecule has 0 heterocycles. The van der Waals surface area contributed by atoms with E-state index in [1.165, 1.54) is 13.8 Å². The SMILES string of the molecule is C=C(C)C(=O)OP(C)(=O)OC(=O)C(=C)C. The Morgan fingerprint density at radius 3 is 1.47 bits per heavy atom. The summed E-state index contributed by atoms with van der Waals surface area (Å²) < 4.78 is 20.4. The van der Waals surface area contributed by atoms with Crippen molar-refractivity contribution in [2.24, 2.45) is 0 Å². The van der Waals surface area contributed by atoms with Crippen LogP contribution in [-0.2, 0) is 23.2 Å². The van der Waals surface area contributed by atoms with Crippen LogP contribution in [0.15, 0.2) is 24.3 Å². The van der Waals surface area contributed by atoms with Crippen LogP contribution in [-0.4, -0.2) is 18.6 Å². The fraction of sp³-hybridized carbons (Fsp3) is 0.333. The van der Waals surface area contributed by atoms with E-state index in [1.807, 2.05) is 0 Å². The Bertz CT molecular complexity index is 337. The molecule has 0 radical (unpaired) electrons. The first kappa shape index (κ1) is 13.7. The summed E-state index contributed by atoms with van der Waals surface area (Å²) in [6, 6.07) is 0. The van der Waals surface area contributed by atoms with E-state index in [4.69, 9.17) is 0 Å². The molecule has 0 aromatic carbocycles. The molecular weight excluding hydrogens is 219 g/mol. The quantitative estimate of drug-likeness (QED) is 0.548. The third-order valence-corrected chi connectivity index (χ3v) is 2.19. The highest BCUT2D eigenvalue weighted by molar-refractivity contribution is 7.54. The van der Waals surface area contributed by atoms with Gasteiger partial charge in [-0.15, -0.1) is 0 Å². The molecule has 0 aromatic rings. The molecule has 0 amide bonds. The Kier molecular flexibility index (Phi) is 4.49. The summed E-state index contributed by atoms with van der Waals surface area (Å²) in [6.07, 6.45) is 0. The fourth-order valence-electron chi connectivity index (χ4n) is 0.476. The second-order valence-corrected chi connectivity index (χ2v) is 5.00. The van der Waals surface area contributed by atoms with Gasteiger partial charge in [0.25, 0.3) is 0 Å². The summed E-state index contributed by atoms with van der Waals surface area (Å²) in [6.45, 7) is 10.4. The van der Waals surface area contributed by atoms with Crippen LogP contribution in [0.25, 0.3) is 0 Å². The van der Waals surface area contributed by atoms with E-state index in [2.05, 4.69) is 22.2 Å². The average Bonchev–Trinajstić information content (AvgIpc) is 2.01. The minimum atomic E-state index is -3.73. The summed E-state index contributed by atoms with van der Waals surface area (Å²) in [5.41, 5.74) is 0.145. The molecule has 0 aliphatic carbocycles. The largest absolute Gasteiger partial charge is 0.432 e. The molecule has 0 saturated carbocycles. The molecule has 84 valence electrons. The molecule has 0 bridgehead atoms. The zero-order chi connectivity index (χ0) is 12.2. The standard InChI is InChI=1S/C9H13O5P/c1-6(2)8(10)13-15(5,12)14-9(11)7(3)4/h1,3H2,2,4-5H3. The minimum absolute atomic E-state index is 0.0726. The number of hydrogen-bond donors (Lipinski definition) is 0. The summed E-state index contributed by atoms with van der Waals surface area (Å²) in [4.78, 5) is 22.0. The van der Waals surface area contributed by atoms with Crippen molar-refractivity contribution in [3.05, 3.63) is 24.3 Å². The number of hydrogen-bond acceptors (Lipinski definition) is 5.